The van der Waals surface area contributed by atoms with Crippen LogP contribution in [0.2, 0.25) is 0 Å². The summed E-state index contributed by atoms with van der Waals surface area (Å²) in [5.41, 5.74) is 0. The second kappa shape index (κ2) is 6.40. The van der Waals surface area contributed by atoms with Crippen LogP contribution in [0.25, 0.3) is 0 Å². The van der Waals surface area contributed by atoms with Crippen molar-refractivity contribution in [3.63, 3.8) is 0 Å². The highest BCUT2D eigenvalue weighted by atomic mass is 16.7. The molecule has 0 fully saturated rings. The second-order valence-electron chi connectivity index (χ2n) is 4.38. The fourth-order valence-corrected chi connectivity index (χ4v) is 1.68. The van der Waals surface area contributed by atoms with E-state index in [9.17, 15) is 9.90 Å². The fraction of sp³-hybridized carbons (Fsp3) is 0.500. The monoisotopic (exact) mass is 252 g/mol. The molecule has 0 bridgehead atoms. The van der Waals surface area contributed by atoms with Crippen molar-refractivity contribution in [2.24, 2.45) is 0 Å². The van der Waals surface area contributed by atoms with Crippen molar-refractivity contribution in [2.75, 3.05) is 0 Å². The van der Waals surface area contributed by atoms with Crippen LogP contribution < -0.4 is 4.74 Å². The quantitative estimate of drug-likeness (QED) is 0.758. The van der Waals surface area contributed by atoms with E-state index in [0.29, 0.717) is 5.75 Å². The number of aliphatic carboxylic acids is 1. The summed E-state index contributed by atoms with van der Waals surface area (Å²) in [5.74, 6) is -2.31. The van der Waals surface area contributed by atoms with Crippen LogP contribution in [0.15, 0.2) is 30.3 Å². The van der Waals surface area contributed by atoms with Gasteiger partial charge in [0.15, 0.2) is 0 Å². The maximum absolute atomic E-state index is 11.3. The number of rotatable bonds is 7. The van der Waals surface area contributed by atoms with Gasteiger partial charge >= 0.3 is 11.8 Å². The zero-order valence-electron chi connectivity index (χ0n) is 11.1. The standard InChI is InChI=1S/C14H20O4/c1-4-8-11(2)17-14(3,13(15)16)18-12-9-6-5-7-10-12/h5-7,9-11H,4,8H2,1-3H3,(H,15,16)/t11?,14-/m1/s1. The number of hydrogen-bond donors (Lipinski definition) is 1. The molecule has 4 heteroatoms. The SMILES string of the molecule is CCCC(C)O[C@](C)(Oc1ccccc1)C(=O)O. The van der Waals surface area contributed by atoms with Gasteiger partial charge in [-0.05, 0) is 25.5 Å². The van der Waals surface area contributed by atoms with Gasteiger partial charge in [0.2, 0.25) is 0 Å². The third-order valence-corrected chi connectivity index (χ3v) is 2.57. The summed E-state index contributed by atoms with van der Waals surface area (Å²) >= 11 is 0. The summed E-state index contributed by atoms with van der Waals surface area (Å²) in [6.45, 7) is 5.30. The van der Waals surface area contributed by atoms with E-state index in [-0.39, 0.29) is 6.10 Å². The second-order valence-corrected chi connectivity index (χ2v) is 4.38. The summed E-state index contributed by atoms with van der Waals surface area (Å²) in [6.07, 6.45) is 1.56. The minimum absolute atomic E-state index is 0.167. The van der Waals surface area contributed by atoms with E-state index >= 15 is 0 Å². The summed E-state index contributed by atoms with van der Waals surface area (Å²) in [7, 11) is 0. The molecule has 1 unspecified atom stereocenters. The van der Waals surface area contributed by atoms with Gasteiger partial charge in [-0.15, -0.1) is 0 Å². The summed E-state index contributed by atoms with van der Waals surface area (Å²) in [6, 6.07) is 8.82. The van der Waals surface area contributed by atoms with Crippen molar-refractivity contribution in [3.05, 3.63) is 30.3 Å². The first-order valence-corrected chi connectivity index (χ1v) is 6.13. The third kappa shape index (κ3) is 4.04. The molecular weight excluding hydrogens is 232 g/mol. The lowest BCUT2D eigenvalue weighted by atomic mass is 10.2. The summed E-state index contributed by atoms with van der Waals surface area (Å²) in [4.78, 5) is 11.3. The van der Waals surface area contributed by atoms with Crippen LogP contribution in [-0.4, -0.2) is 23.0 Å². The molecule has 1 aromatic carbocycles. The molecule has 1 aromatic rings. The van der Waals surface area contributed by atoms with Gasteiger partial charge in [0, 0.05) is 6.92 Å². The summed E-state index contributed by atoms with van der Waals surface area (Å²) < 4.78 is 11.0. The molecule has 0 radical (unpaired) electrons. The number of benzene rings is 1. The van der Waals surface area contributed by atoms with E-state index < -0.39 is 11.8 Å². The predicted molar refractivity (Wildman–Crippen MR) is 68.6 cm³/mol. The van der Waals surface area contributed by atoms with Crippen LogP contribution >= 0.6 is 0 Å². The molecule has 4 nitrogen and oxygen atoms in total. The lowest BCUT2D eigenvalue weighted by molar-refractivity contribution is -0.218. The predicted octanol–water partition coefficient (Wildman–Crippen LogP) is 3.07. The average molecular weight is 252 g/mol. The summed E-state index contributed by atoms with van der Waals surface area (Å²) in [5, 5.41) is 9.26. The van der Waals surface area contributed by atoms with Gasteiger partial charge in [-0.1, -0.05) is 31.5 Å². The van der Waals surface area contributed by atoms with E-state index in [0.717, 1.165) is 12.8 Å². The number of para-hydroxylation sites is 1. The maximum Gasteiger partial charge on any atom is 0.376 e. The first-order valence-electron chi connectivity index (χ1n) is 6.13. The van der Waals surface area contributed by atoms with Crippen LogP contribution in [-0.2, 0) is 9.53 Å². The smallest absolute Gasteiger partial charge is 0.376 e. The molecule has 18 heavy (non-hydrogen) atoms. The number of carboxylic acids is 1. The van der Waals surface area contributed by atoms with E-state index in [1.165, 1.54) is 6.92 Å². The van der Waals surface area contributed by atoms with E-state index in [1.54, 1.807) is 24.3 Å². The highest BCUT2D eigenvalue weighted by Crippen LogP contribution is 2.22. The number of carbonyl (C=O) groups is 1. The molecule has 0 aliphatic heterocycles. The molecule has 0 saturated carbocycles. The van der Waals surface area contributed by atoms with Gasteiger partial charge in [0.05, 0.1) is 6.10 Å². The lowest BCUT2D eigenvalue weighted by Gasteiger charge is -2.29. The molecule has 0 spiro atoms. The Balaban J connectivity index is 2.77. The van der Waals surface area contributed by atoms with Crippen LogP contribution in [0.4, 0.5) is 0 Å². The van der Waals surface area contributed by atoms with Crippen molar-refractivity contribution >= 4 is 5.97 Å². The van der Waals surface area contributed by atoms with E-state index in [4.69, 9.17) is 9.47 Å². The Bertz CT molecular complexity index is 377. The molecule has 1 N–H and O–H groups in total. The van der Waals surface area contributed by atoms with E-state index in [1.807, 2.05) is 19.9 Å². The van der Waals surface area contributed by atoms with Gasteiger partial charge in [-0.3, -0.25) is 0 Å². The Morgan fingerprint density at radius 2 is 2.00 bits per heavy atom. The van der Waals surface area contributed by atoms with Crippen molar-refractivity contribution in [1.29, 1.82) is 0 Å². The van der Waals surface area contributed by atoms with E-state index in [2.05, 4.69) is 0 Å². The maximum atomic E-state index is 11.3. The van der Waals surface area contributed by atoms with Gasteiger partial charge in [-0.25, -0.2) is 4.79 Å². The zero-order chi connectivity index (χ0) is 13.6. The Morgan fingerprint density at radius 3 is 2.50 bits per heavy atom. The molecule has 0 aliphatic rings. The van der Waals surface area contributed by atoms with Crippen LogP contribution in [0.5, 0.6) is 5.75 Å². The number of carboxylic acid groups (broad SMARTS) is 1. The topological polar surface area (TPSA) is 55.8 Å². The average Bonchev–Trinajstić information content (AvgIpc) is 2.30. The molecule has 2 atom stereocenters. The third-order valence-electron chi connectivity index (χ3n) is 2.57. The molecule has 1 rings (SSSR count). The van der Waals surface area contributed by atoms with Crippen LogP contribution in [0.3, 0.4) is 0 Å². The first-order chi connectivity index (χ1) is 8.48. The molecule has 0 heterocycles. The minimum Gasteiger partial charge on any atom is -0.476 e. The van der Waals surface area contributed by atoms with Gasteiger partial charge in [0.25, 0.3) is 0 Å². The highest BCUT2D eigenvalue weighted by Gasteiger charge is 2.38. The first kappa shape index (κ1) is 14.5. The Morgan fingerprint density at radius 1 is 1.39 bits per heavy atom. The lowest BCUT2D eigenvalue weighted by Crippen LogP contribution is -2.46. The highest BCUT2D eigenvalue weighted by molar-refractivity contribution is 5.75. The van der Waals surface area contributed by atoms with Crippen molar-refractivity contribution in [2.45, 2.75) is 45.5 Å². The Labute approximate surface area is 108 Å². The van der Waals surface area contributed by atoms with Crippen molar-refractivity contribution in [3.8, 4) is 5.75 Å². The molecular formula is C14H20O4. The molecule has 0 amide bonds. The number of hydrogen-bond acceptors (Lipinski definition) is 3. The van der Waals surface area contributed by atoms with Crippen molar-refractivity contribution < 1.29 is 19.4 Å². The molecule has 100 valence electrons. The van der Waals surface area contributed by atoms with Gasteiger partial charge in [0.1, 0.15) is 5.75 Å². The minimum atomic E-state index is -1.66. The van der Waals surface area contributed by atoms with Crippen molar-refractivity contribution in [1.82, 2.24) is 0 Å². The fourth-order valence-electron chi connectivity index (χ4n) is 1.68. The zero-order valence-corrected chi connectivity index (χ0v) is 11.1. The number of ether oxygens (including phenoxy) is 2. The van der Waals surface area contributed by atoms with Gasteiger partial charge < -0.3 is 14.6 Å². The van der Waals surface area contributed by atoms with Gasteiger partial charge in [-0.2, -0.15) is 0 Å². The largest absolute Gasteiger partial charge is 0.476 e. The Kier molecular flexibility index (Phi) is 5.16. The normalized spacial score (nSPS) is 15.7. The Hall–Kier alpha value is -1.55. The molecule has 0 aliphatic carbocycles. The van der Waals surface area contributed by atoms with Crippen LogP contribution in [0, 0.1) is 0 Å². The molecule has 0 aromatic heterocycles. The molecule has 0 saturated heterocycles. The van der Waals surface area contributed by atoms with Crippen LogP contribution in [0.1, 0.15) is 33.6 Å².